The molecule has 0 fully saturated rings. The molecule has 1 unspecified atom stereocenters. The van der Waals surface area contributed by atoms with Crippen molar-refractivity contribution in [1.29, 1.82) is 0 Å². The molecule has 1 aliphatic carbocycles. The lowest BCUT2D eigenvalue weighted by Gasteiger charge is -2.00. The normalized spacial score (nSPS) is 24.4. The average molecular weight is 161 g/mol. The van der Waals surface area contributed by atoms with Crippen LogP contribution in [-0.4, -0.2) is 10.9 Å². The number of rotatable bonds is 0. The van der Waals surface area contributed by atoms with E-state index in [0.29, 0.717) is 5.92 Å². The summed E-state index contributed by atoms with van der Waals surface area (Å²) in [6.45, 7) is 2.15. The van der Waals surface area contributed by atoms with Gasteiger partial charge in [-0.15, -0.1) is 0 Å². The van der Waals surface area contributed by atoms with Crippen molar-refractivity contribution < 1.29 is 5.21 Å². The average Bonchev–Trinajstić information content (AvgIpc) is 2.44. The van der Waals surface area contributed by atoms with Crippen LogP contribution in [0.4, 0.5) is 0 Å². The molecule has 0 amide bonds. The summed E-state index contributed by atoms with van der Waals surface area (Å²) in [5.41, 5.74) is 3.22. The van der Waals surface area contributed by atoms with Crippen molar-refractivity contribution in [3.63, 3.8) is 0 Å². The Labute approximate surface area is 71.5 Å². The molecule has 2 rings (SSSR count). The van der Waals surface area contributed by atoms with E-state index in [2.05, 4.69) is 18.1 Å². The summed E-state index contributed by atoms with van der Waals surface area (Å²) in [6.07, 6.45) is 0.857. The summed E-state index contributed by atoms with van der Waals surface area (Å²) in [7, 11) is 0. The number of benzene rings is 1. The maximum atomic E-state index is 8.72. The van der Waals surface area contributed by atoms with Gasteiger partial charge in [0.05, 0.1) is 5.71 Å². The van der Waals surface area contributed by atoms with E-state index in [4.69, 9.17) is 5.21 Å². The minimum Gasteiger partial charge on any atom is -0.411 e. The van der Waals surface area contributed by atoms with Gasteiger partial charge in [0.2, 0.25) is 0 Å². The Hall–Kier alpha value is -1.31. The molecule has 0 spiro atoms. The Morgan fingerprint density at radius 2 is 2.17 bits per heavy atom. The van der Waals surface area contributed by atoms with Gasteiger partial charge in [0.15, 0.2) is 0 Å². The largest absolute Gasteiger partial charge is 0.411 e. The van der Waals surface area contributed by atoms with E-state index >= 15 is 0 Å². The predicted octanol–water partition coefficient (Wildman–Crippen LogP) is 2.37. The van der Waals surface area contributed by atoms with Gasteiger partial charge in [-0.25, -0.2) is 0 Å². The first-order chi connectivity index (χ1) is 5.83. The predicted molar refractivity (Wildman–Crippen MR) is 47.8 cm³/mol. The van der Waals surface area contributed by atoms with Crippen LogP contribution in [0.5, 0.6) is 0 Å². The fraction of sp³-hybridized carbons (Fsp3) is 0.300. The maximum absolute atomic E-state index is 8.72. The van der Waals surface area contributed by atoms with E-state index in [9.17, 15) is 0 Å². The lowest BCUT2D eigenvalue weighted by atomic mass is 10.0. The molecule has 0 heterocycles. The van der Waals surface area contributed by atoms with Crippen LogP contribution >= 0.6 is 0 Å². The summed E-state index contributed by atoms with van der Waals surface area (Å²) < 4.78 is 0. The molecule has 2 nitrogen and oxygen atoms in total. The molecule has 1 atom stereocenters. The zero-order valence-electron chi connectivity index (χ0n) is 6.99. The molecule has 1 aromatic rings. The first-order valence-corrected chi connectivity index (χ1v) is 4.13. The van der Waals surface area contributed by atoms with Crippen molar-refractivity contribution >= 4 is 5.71 Å². The van der Waals surface area contributed by atoms with Crippen molar-refractivity contribution in [2.24, 2.45) is 5.16 Å². The standard InChI is InChI=1S/C10H11NO/c1-7-6-10(11-12)9-5-3-2-4-8(7)9/h2-5,7,12H,6H2,1H3/b11-10-. The molecule has 0 radical (unpaired) electrons. The highest BCUT2D eigenvalue weighted by atomic mass is 16.4. The van der Waals surface area contributed by atoms with Gasteiger partial charge in [0, 0.05) is 12.0 Å². The fourth-order valence-corrected chi connectivity index (χ4v) is 1.79. The molecule has 62 valence electrons. The maximum Gasteiger partial charge on any atom is 0.0876 e. The smallest absolute Gasteiger partial charge is 0.0876 e. The number of nitrogens with zero attached hydrogens (tertiary/aromatic N) is 1. The molecule has 0 aromatic heterocycles. The molecule has 0 saturated carbocycles. The van der Waals surface area contributed by atoms with Gasteiger partial charge < -0.3 is 5.21 Å². The molecule has 0 aliphatic heterocycles. The highest BCUT2D eigenvalue weighted by Crippen LogP contribution is 2.32. The molecule has 12 heavy (non-hydrogen) atoms. The van der Waals surface area contributed by atoms with E-state index in [1.54, 1.807) is 0 Å². The zero-order chi connectivity index (χ0) is 8.55. The number of fused-ring (bicyclic) bond motifs is 1. The Bertz CT molecular complexity index is 330. The third-order valence-electron chi connectivity index (χ3n) is 2.42. The summed E-state index contributed by atoms with van der Waals surface area (Å²) in [5, 5.41) is 12.0. The van der Waals surface area contributed by atoms with Crippen LogP contribution in [0, 0.1) is 0 Å². The first-order valence-electron chi connectivity index (χ1n) is 4.13. The summed E-state index contributed by atoms with van der Waals surface area (Å²) in [6, 6.07) is 8.10. The molecular weight excluding hydrogens is 150 g/mol. The van der Waals surface area contributed by atoms with Crippen LogP contribution in [0.2, 0.25) is 0 Å². The van der Waals surface area contributed by atoms with E-state index in [1.165, 1.54) is 5.56 Å². The van der Waals surface area contributed by atoms with Crippen LogP contribution in [0.1, 0.15) is 30.4 Å². The van der Waals surface area contributed by atoms with Crippen LogP contribution < -0.4 is 0 Å². The number of hydrogen-bond donors (Lipinski definition) is 1. The van der Waals surface area contributed by atoms with Crippen LogP contribution in [0.3, 0.4) is 0 Å². The van der Waals surface area contributed by atoms with Gasteiger partial charge in [-0.1, -0.05) is 36.3 Å². The second kappa shape index (κ2) is 2.63. The number of hydrogen-bond acceptors (Lipinski definition) is 2. The summed E-state index contributed by atoms with van der Waals surface area (Å²) in [4.78, 5) is 0. The van der Waals surface area contributed by atoms with Crippen LogP contribution in [0.15, 0.2) is 29.4 Å². The molecule has 0 bridgehead atoms. The highest BCUT2D eigenvalue weighted by Gasteiger charge is 2.23. The van der Waals surface area contributed by atoms with Crippen molar-refractivity contribution in [2.45, 2.75) is 19.3 Å². The second-order valence-electron chi connectivity index (χ2n) is 3.24. The monoisotopic (exact) mass is 161 g/mol. The lowest BCUT2D eigenvalue weighted by molar-refractivity contribution is 0.318. The van der Waals surface area contributed by atoms with Gasteiger partial charge in [-0.05, 0) is 11.5 Å². The molecular formula is C10H11NO. The minimum atomic E-state index is 0.493. The quantitative estimate of drug-likeness (QED) is 0.460. The van der Waals surface area contributed by atoms with E-state index in [0.717, 1.165) is 17.7 Å². The van der Waals surface area contributed by atoms with Gasteiger partial charge >= 0.3 is 0 Å². The van der Waals surface area contributed by atoms with Crippen molar-refractivity contribution in [3.8, 4) is 0 Å². The van der Waals surface area contributed by atoms with Crippen molar-refractivity contribution in [1.82, 2.24) is 0 Å². The molecule has 0 saturated heterocycles. The Kier molecular flexibility index (Phi) is 1.61. The Morgan fingerprint density at radius 3 is 2.92 bits per heavy atom. The minimum absolute atomic E-state index is 0.493. The Balaban J connectivity index is 2.57. The Morgan fingerprint density at radius 1 is 1.42 bits per heavy atom. The molecule has 1 aliphatic rings. The lowest BCUT2D eigenvalue weighted by Crippen LogP contribution is -1.92. The van der Waals surface area contributed by atoms with Gasteiger partial charge in [-0.2, -0.15) is 0 Å². The summed E-state index contributed by atoms with van der Waals surface area (Å²) in [5.74, 6) is 0.493. The van der Waals surface area contributed by atoms with Gasteiger partial charge in [0.1, 0.15) is 0 Å². The van der Waals surface area contributed by atoms with Crippen molar-refractivity contribution in [3.05, 3.63) is 35.4 Å². The third-order valence-corrected chi connectivity index (χ3v) is 2.42. The van der Waals surface area contributed by atoms with E-state index in [-0.39, 0.29) is 0 Å². The SMILES string of the molecule is CC1C/C(=N/O)c2ccccc21. The van der Waals surface area contributed by atoms with Gasteiger partial charge in [0.25, 0.3) is 0 Å². The number of oxime groups is 1. The van der Waals surface area contributed by atoms with E-state index in [1.807, 2.05) is 18.2 Å². The highest BCUT2D eigenvalue weighted by molar-refractivity contribution is 6.04. The molecule has 2 heteroatoms. The summed E-state index contributed by atoms with van der Waals surface area (Å²) >= 11 is 0. The topological polar surface area (TPSA) is 32.6 Å². The van der Waals surface area contributed by atoms with E-state index < -0.39 is 0 Å². The first kappa shape index (κ1) is 7.35. The second-order valence-corrected chi connectivity index (χ2v) is 3.24. The van der Waals surface area contributed by atoms with Gasteiger partial charge in [-0.3, -0.25) is 0 Å². The van der Waals surface area contributed by atoms with Crippen LogP contribution in [-0.2, 0) is 0 Å². The fourth-order valence-electron chi connectivity index (χ4n) is 1.79. The van der Waals surface area contributed by atoms with Crippen molar-refractivity contribution in [2.75, 3.05) is 0 Å². The van der Waals surface area contributed by atoms with Crippen LogP contribution in [0.25, 0.3) is 0 Å². The molecule has 1 N–H and O–H groups in total. The third kappa shape index (κ3) is 0.916. The molecule has 1 aromatic carbocycles. The zero-order valence-corrected chi connectivity index (χ0v) is 6.99.